The molecule has 0 saturated heterocycles. The number of rotatable bonds is 6. The molecule has 2 N–H and O–H groups in total. The Kier molecular flexibility index (Phi) is 6.68. The van der Waals surface area contributed by atoms with Crippen molar-refractivity contribution in [2.75, 3.05) is 5.32 Å². The maximum absolute atomic E-state index is 11.6. The molecule has 0 aliphatic heterocycles. The van der Waals surface area contributed by atoms with E-state index in [0.29, 0.717) is 0 Å². The number of carbonyl (C=O) groups excluding carboxylic acids is 2. The number of hydrogen-bond donors (Lipinski definition) is 2. The smallest absolute Gasteiger partial charge is 0.318 e. The lowest BCUT2D eigenvalue weighted by Gasteiger charge is -2.04. The highest BCUT2D eigenvalue weighted by Gasteiger charge is 2.14. The number of benzene rings is 1. The van der Waals surface area contributed by atoms with E-state index in [-0.39, 0.29) is 11.4 Å². The average molecular weight is 306 g/mol. The first kappa shape index (κ1) is 17.3. The van der Waals surface area contributed by atoms with E-state index < -0.39 is 16.7 Å². The van der Waals surface area contributed by atoms with E-state index in [2.05, 4.69) is 15.8 Å². The monoisotopic (exact) mass is 306 g/mol. The normalized spacial score (nSPS) is 10.9. The number of amides is 2. The molecule has 0 radical (unpaired) electrons. The van der Waals surface area contributed by atoms with Crippen molar-refractivity contribution in [1.82, 2.24) is 5.43 Å². The molecule has 1 aromatic carbocycles. The number of hydrogen-bond acceptors (Lipinski definition) is 5. The topological polar surface area (TPSA) is 114 Å². The highest BCUT2D eigenvalue weighted by Crippen LogP contribution is 2.15. The Morgan fingerprint density at radius 1 is 1.23 bits per heavy atom. The van der Waals surface area contributed by atoms with Crippen molar-refractivity contribution in [1.29, 1.82) is 0 Å². The van der Waals surface area contributed by atoms with Gasteiger partial charge in [-0.15, -0.1) is 0 Å². The van der Waals surface area contributed by atoms with Crippen LogP contribution in [0.25, 0.3) is 0 Å². The Hall–Kier alpha value is -2.77. The van der Waals surface area contributed by atoms with Gasteiger partial charge in [0.1, 0.15) is 0 Å². The standard InChI is InChI=1S/C14H18N4O4/c1-3-4-5-10(2)16-17-14(20)13(19)15-11-6-8-12(9-7-11)18(21)22/h6-9H,3-5H2,1-2H3,(H,15,19)(H,17,20)/b16-10-. The molecule has 0 spiro atoms. The number of nitrogens with zero attached hydrogens (tertiary/aromatic N) is 2. The van der Waals surface area contributed by atoms with Crippen molar-refractivity contribution in [3.63, 3.8) is 0 Å². The summed E-state index contributed by atoms with van der Waals surface area (Å²) >= 11 is 0. The third kappa shape index (κ3) is 5.70. The van der Waals surface area contributed by atoms with Crippen molar-refractivity contribution < 1.29 is 14.5 Å². The molecule has 8 nitrogen and oxygen atoms in total. The van der Waals surface area contributed by atoms with Gasteiger partial charge in [0.2, 0.25) is 0 Å². The maximum atomic E-state index is 11.6. The fraction of sp³-hybridized carbons (Fsp3) is 0.357. The second-order valence-corrected chi connectivity index (χ2v) is 4.65. The van der Waals surface area contributed by atoms with Crippen LogP contribution >= 0.6 is 0 Å². The SMILES string of the molecule is CCCC/C(C)=N\NC(=O)C(=O)Nc1ccc([N+](=O)[O-])cc1. The van der Waals surface area contributed by atoms with Crippen molar-refractivity contribution in [2.24, 2.45) is 5.10 Å². The zero-order valence-electron chi connectivity index (χ0n) is 12.5. The lowest BCUT2D eigenvalue weighted by Crippen LogP contribution is -2.32. The van der Waals surface area contributed by atoms with Crippen LogP contribution in [0.3, 0.4) is 0 Å². The third-order valence-electron chi connectivity index (χ3n) is 2.78. The Morgan fingerprint density at radius 3 is 2.41 bits per heavy atom. The summed E-state index contributed by atoms with van der Waals surface area (Å²) in [7, 11) is 0. The number of unbranched alkanes of at least 4 members (excludes halogenated alkanes) is 1. The van der Waals surface area contributed by atoms with Gasteiger partial charge < -0.3 is 5.32 Å². The Morgan fingerprint density at radius 2 is 1.86 bits per heavy atom. The first-order chi connectivity index (χ1) is 10.4. The van der Waals surface area contributed by atoms with Crippen molar-refractivity contribution in [3.05, 3.63) is 34.4 Å². The largest absolute Gasteiger partial charge is 0.329 e. The molecule has 1 rings (SSSR count). The van der Waals surface area contributed by atoms with Gasteiger partial charge >= 0.3 is 11.8 Å². The van der Waals surface area contributed by atoms with Crippen LogP contribution < -0.4 is 10.7 Å². The van der Waals surface area contributed by atoms with Crippen LogP contribution in [0, 0.1) is 10.1 Å². The van der Waals surface area contributed by atoms with E-state index in [1.807, 2.05) is 6.92 Å². The zero-order valence-corrected chi connectivity index (χ0v) is 12.5. The van der Waals surface area contributed by atoms with E-state index >= 15 is 0 Å². The molecule has 0 bridgehead atoms. The van der Waals surface area contributed by atoms with Gasteiger partial charge in [0.25, 0.3) is 5.69 Å². The van der Waals surface area contributed by atoms with E-state index in [4.69, 9.17) is 0 Å². The summed E-state index contributed by atoms with van der Waals surface area (Å²) < 4.78 is 0. The summed E-state index contributed by atoms with van der Waals surface area (Å²) in [6.07, 6.45) is 2.72. The minimum Gasteiger partial charge on any atom is -0.318 e. The molecule has 118 valence electrons. The number of nitrogens with one attached hydrogen (secondary N) is 2. The molecular formula is C14H18N4O4. The molecule has 0 atom stereocenters. The van der Waals surface area contributed by atoms with Crippen LogP contribution in [0.2, 0.25) is 0 Å². The molecule has 0 saturated carbocycles. The molecule has 0 heterocycles. The molecule has 2 amide bonds. The zero-order chi connectivity index (χ0) is 16.5. The molecule has 0 aliphatic carbocycles. The lowest BCUT2D eigenvalue weighted by molar-refractivity contribution is -0.384. The highest BCUT2D eigenvalue weighted by atomic mass is 16.6. The third-order valence-corrected chi connectivity index (χ3v) is 2.78. The minimum absolute atomic E-state index is 0.0985. The number of non-ortho nitro benzene ring substituents is 1. The molecule has 0 fully saturated rings. The first-order valence-electron chi connectivity index (χ1n) is 6.83. The van der Waals surface area contributed by atoms with Crippen LogP contribution in [0.15, 0.2) is 29.4 Å². The summed E-state index contributed by atoms with van der Waals surface area (Å²) in [6, 6.07) is 5.17. The molecule has 8 heteroatoms. The fourth-order valence-corrected chi connectivity index (χ4v) is 1.54. The van der Waals surface area contributed by atoms with Crippen LogP contribution in [0.4, 0.5) is 11.4 Å². The molecule has 0 unspecified atom stereocenters. The summed E-state index contributed by atoms with van der Waals surface area (Å²) in [5.41, 5.74) is 3.10. The molecule has 0 aromatic heterocycles. The van der Waals surface area contributed by atoms with Crippen molar-refractivity contribution in [3.8, 4) is 0 Å². The van der Waals surface area contributed by atoms with Crippen LogP contribution in [-0.4, -0.2) is 22.4 Å². The van der Waals surface area contributed by atoms with Crippen LogP contribution in [0.1, 0.15) is 33.1 Å². The Bertz CT molecular complexity index is 581. The Labute approximate surface area is 127 Å². The minimum atomic E-state index is -0.894. The van der Waals surface area contributed by atoms with Crippen LogP contribution in [-0.2, 0) is 9.59 Å². The predicted molar refractivity (Wildman–Crippen MR) is 82.5 cm³/mol. The number of nitro benzene ring substituents is 1. The molecule has 0 aliphatic rings. The highest BCUT2D eigenvalue weighted by molar-refractivity contribution is 6.39. The number of carbonyl (C=O) groups is 2. The molecule has 22 heavy (non-hydrogen) atoms. The average Bonchev–Trinajstić information content (AvgIpc) is 2.50. The van der Waals surface area contributed by atoms with E-state index in [1.165, 1.54) is 24.3 Å². The van der Waals surface area contributed by atoms with Crippen molar-refractivity contribution in [2.45, 2.75) is 33.1 Å². The summed E-state index contributed by atoms with van der Waals surface area (Å²) in [5.74, 6) is -1.78. The second kappa shape index (κ2) is 8.50. The lowest BCUT2D eigenvalue weighted by atomic mass is 10.2. The molecule has 1 aromatic rings. The van der Waals surface area contributed by atoms with E-state index in [0.717, 1.165) is 25.0 Å². The van der Waals surface area contributed by atoms with Crippen molar-refractivity contribution >= 4 is 28.9 Å². The van der Waals surface area contributed by atoms with E-state index in [9.17, 15) is 19.7 Å². The molecular weight excluding hydrogens is 288 g/mol. The fourth-order valence-electron chi connectivity index (χ4n) is 1.54. The number of nitro groups is 1. The van der Waals surface area contributed by atoms with E-state index in [1.54, 1.807) is 6.92 Å². The predicted octanol–water partition coefficient (Wildman–Crippen LogP) is 2.22. The summed E-state index contributed by atoms with van der Waals surface area (Å²) in [6.45, 7) is 3.81. The van der Waals surface area contributed by atoms with Gasteiger partial charge in [-0.3, -0.25) is 19.7 Å². The second-order valence-electron chi connectivity index (χ2n) is 4.65. The number of hydrazone groups is 1. The summed E-state index contributed by atoms with van der Waals surface area (Å²) in [4.78, 5) is 33.2. The van der Waals surface area contributed by atoms with Gasteiger partial charge in [-0.25, -0.2) is 5.43 Å². The van der Waals surface area contributed by atoms with Gasteiger partial charge in [-0.1, -0.05) is 13.3 Å². The van der Waals surface area contributed by atoms with Crippen LogP contribution in [0.5, 0.6) is 0 Å². The quantitative estimate of drug-likeness (QED) is 0.363. The summed E-state index contributed by atoms with van der Waals surface area (Å²) in [5, 5.41) is 16.7. The first-order valence-corrected chi connectivity index (χ1v) is 6.83. The maximum Gasteiger partial charge on any atom is 0.329 e. The van der Waals surface area contributed by atoms with Gasteiger partial charge in [0.05, 0.1) is 4.92 Å². The van der Waals surface area contributed by atoms with Gasteiger partial charge in [-0.05, 0) is 31.9 Å². The number of anilines is 1. The van der Waals surface area contributed by atoms with Gasteiger partial charge in [0, 0.05) is 23.5 Å². The Balaban J connectivity index is 2.53. The van der Waals surface area contributed by atoms with Gasteiger partial charge in [0.15, 0.2) is 0 Å². The van der Waals surface area contributed by atoms with Gasteiger partial charge in [-0.2, -0.15) is 5.10 Å².